The molecule has 3 aromatic rings. The highest BCUT2D eigenvalue weighted by Crippen LogP contribution is 2.17. The van der Waals surface area contributed by atoms with Gasteiger partial charge in [0.25, 0.3) is 0 Å². The van der Waals surface area contributed by atoms with E-state index < -0.39 is 0 Å². The second kappa shape index (κ2) is 5.60. The topological polar surface area (TPSA) is 38.0 Å². The van der Waals surface area contributed by atoms with Gasteiger partial charge in [-0.1, -0.05) is 36.4 Å². The van der Waals surface area contributed by atoms with E-state index in [4.69, 9.17) is 10.00 Å². The van der Waals surface area contributed by atoms with E-state index in [1.165, 1.54) is 0 Å². The average molecular weight is 262 g/mol. The molecule has 0 aliphatic rings. The zero-order chi connectivity index (χ0) is 13.8. The first kappa shape index (κ1) is 12.5. The van der Waals surface area contributed by atoms with E-state index in [9.17, 15) is 0 Å². The first-order valence-corrected chi connectivity index (χ1v) is 6.47. The van der Waals surface area contributed by atoms with Gasteiger partial charge in [0.1, 0.15) is 6.73 Å². The minimum absolute atomic E-state index is 0.479. The third-order valence-electron chi connectivity index (χ3n) is 3.24. The van der Waals surface area contributed by atoms with Gasteiger partial charge in [-0.3, -0.25) is 0 Å². The first-order valence-electron chi connectivity index (χ1n) is 6.47. The van der Waals surface area contributed by atoms with Crippen LogP contribution >= 0.6 is 0 Å². The van der Waals surface area contributed by atoms with E-state index in [0.717, 1.165) is 16.5 Å². The zero-order valence-electron chi connectivity index (χ0n) is 11.0. The van der Waals surface area contributed by atoms with Crippen molar-refractivity contribution in [2.75, 3.05) is 0 Å². The number of fused-ring (bicyclic) bond motifs is 1. The summed E-state index contributed by atoms with van der Waals surface area (Å²) in [6.07, 6.45) is 1.98. The Balaban J connectivity index is 1.73. The van der Waals surface area contributed by atoms with Crippen LogP contribution in [0.25, 0.3) is 10.9 Å². The molecule has 0 spiro atoms. The number of nitriles is 1. The molecule has 0 saturated heterocycles. The number of ether oxygens (including phenoxy) is 1. The molecule has 2 aromatic carbocycles. The Morgan fingerprint density at radius 1 is 1.05 bits per heavy atom. The van der Waals surface area contributed by atoms with Gasteiger partial charge in [0.05, 0.1) is 23.8 Å². The molecule has 3 rings (SSSR count). The summed E-state index contributed by atoms with van der Waals surface area (Å²) in [5, 5.41) is 10.1. The largest absolute Gasteiger partial charge is 0.356 e. The number of nitrogens with zero attached hydrogens (tertiary/aromatic N) is 2. The number of hydrogen-bond donors (Lipinski definition) is 0. The molecule has 0 fully saturated rings. The Hall–Kier alpha value is -2.57. The van der Waals surface area contributed by atoms with E-state index in [1.54, 1.807) is 0 Å². The van der Waals surface area contributed by atoms with E-state index >= 15 is 0 Å². The summed E-state index contributed by atoms with van der Waals surface area (Å²) < 4.78 is 7.74. The number of hydrogen-bond acceptors (Lipinski definition) is 2. The van der Waals surface area contributed by atoms with E-state index in [2.05, 4.69) is 6.07 Å². The molecule has 20 heavy (non-hydrogen) atoms. The molecular formula is C17H14N2O. The molecule has 0 aliphatic heterocycles. The van der Waals surface area contributed by atoms with Gasteiger partial charge in [-0.15, -0.1) is 0 Å². The van der Waals surface area contributed by atoms with Crippen molar-refractivity contribution in [3.8, 4) is 6.07 Å². The second-order valence-corrected chi connectivity index (χ2v) is 4.63. The van der Waals surface area contributed by atoms with Crippen LogP contribution in [0.15, 0.2) is 60.8 Å². The van der Waals surface area contributed by atoms with Crippen molar-refractivity contribution < 1.29 is 4.74 Å². The predicted octanol–water partition coefficient (Wildman–Crippen LogP) is 3.69. The van der Waals surface area contributed by atoms with Gasteiger partial charge >= 0.3 is 0 Å². The van der Waals surface area contributed by atoms with Gasteiger partial charge in [-0.05, 0) is 29.1 Å². The van der Waals surface area contributed by atoms with Crippen LogP contribution in [0.3, 0.4) is 0 Å². The molecule has 0 bridgehead atoms. The minimum atomic E-state index is 0.479. The van der Waals surface area contributed by atoms with Crippen LogP contribution in [-0.4, -0.2) is 4.57 Å². The standard InChI is InChI=1S/C17H14N2O/c18-11-15-6-7-16-8-9-19(17(16)10-15)13-20-12-14-4-2-1-3-5-14/h1-10H,12-13H2. The summed E-state index contributed by atoms with van der Waals surface area (Å²) in [6, 6.07) is 20.0. The minimum Gasteiger partial charge on any atom is -0.356 e. The third-order valence-corrected chi connectivity index (χ3v) is 3.24. The normalized spacial score (nSPS) is 10.6. The van der Waals surface area contributed by atoms with Crippen LogP contribution in [0.5, 0.6) is 0 Å². The van der Waals surface area contributed by atoms with Gasteiger partial charge in [0.2, 0.25) is 0 Å². The number of aromatic nitrogens is 1. The van der Waals surface area contributed by atoms with E-state index in [-0.39, 0.29) is 0 Å². The monoisotopic (exact) mass is 262 g/mol. The molecule has 0 aliphatic carbocycles. The molecular weight excluding hydrogens is 248 g/mol. The lowest BCUT2D eigenvalue weighted by Crippen LogP contribution is -2.01. The van der Waals surface area contributed by atoms with Crippen LogP contribution in [0.1, 0.15) is 11.1 Å². The third kappa shape index (κ3) is 2.56. The van der Waals surface area contributed by atoms with Crippen molar-refractivity contribution in [3.05, 3.63) is 71.9 Å². The fourth-order valence-corrected chi connectivity index (χ4v) is 2.20. The first-order chi connectivity index (χ1) is 9.86. The van der Waals surface area contributed by atoms with Crippen LogP contribution in [0.2, 0.25) is 0 Å². The maximum atomic E-state index is 8.96. The number of benzene rings is 2. The SMILES string of the molecule is N#Cc1ccc2ccn(COCc3ccccc3)c2c1. The fourth-order valence-electron chi connectivity index (χ4n) is 2.20. The molecule has 0 amide bonds. The molecule has 0 saturated carbocycles. The predicted molar refractivity (Wildman–Crippen MR) is 77.9 cm³/mol. The lowest BCUT2D eigenvalue weighted by Gasteiger charge is -2.07. The van der Waals surface area contributed by atoms with Crippen molar-refractivity contribution in [1.82, 2.24) is 4.57 Å². The van der Waals surface area contributed by atoms with Crippen LogP contribution < -0.4 is 0 Å². The Morgan fingerprint density at radius 3 is 2.70 bits per heavy atom. The van der Waals surface area contributed by atoms with Crippen LogP contribution in [0.4, 0.5) is 0 Å². The molecule has 98 valence electrons. The molecule has 0 unspecified atom stereocenters. The highest BCUT2D eigenvalue weighted by Gasteiger charge is 2.02. The smallest absolute Gasteiger partial charge is 0.123 e. The summed E-state index contributed by atoms with van der Waals surface area (Å²) >= 11 is 0. The molecule has 1 aromatic heterocycles. The van der Waals surface area contributed by atoms with Crippen molar-refractivity contribution in [2.24, 2.45) is 0 Å². The summed E-state index contributed by atoms with van der Waals surface area (Å²) in [4.78, 5) is 0. The maximum Gasteiger partial charge on any atom is 0.123 e. The quantitative estimate of drug-likeness (QED) is 0.719. The van der Waals surface area contributed by atoms with Gasteiger partial charge in [0.15, 0.2) is 0 Å². The Labute approximate surface area is 117 Å². The van der Waals surface area contributed by atoms with Gasteiger partial charge in [-0.25, -0.2) is 0 Å². The van der Waals surface area contributed by atoms with Crippen LogP contribution in [-0.2, 0) is 18.1 Å². The molecule has 0 radical (unpaired) electrons. The van der Waals surface area contributed by atoms with Gasteiger partial charge in [0, 0.05) is 6.20 Å². The molecule has 3 nitrogen and oxygen atoms in total. The Kier molecular flexibility index (Phi) is 3.49. The van der Waals surface area contributed by atoms with Gasteiger partial charge in [-0.2, -0.15) is 5.26 Å². The highest BCUT2D eigenvalue weighted by molar-refractivity contribution is 5.81. The van der Waals surface area contributed by atoms with Crippen molar-refractivity contribution in [2.45, 2.75) is 13.3 Å². The summed E-state index contributed by atoms with van der Waals surface area (Å²) in [5.41, 5.74) is 2.85. The fraction of sp³-hybridized carbons (Fsp3) is 0.118. The van der Waals surface area contributed by atoms with E-state index in [0.29, 0.717) is 18.9 Å². The van der Waals surface area contributed by atoms with E-state index in [1.807, 2.05) is 65.4 Å². The maximum absolute atomic E-state index is 8.96. The molecule has 3 heteroatoms. The average Bonchev–Trinajstić information content (AvgIpc) is 2.91. The summed E-state index contributed by atoms with van der Waals surface area (Å²) in [6.45, 7) is 1.06. The Morgan fingerprint density at radius 2 is 1.90 bits per heavy atom. The molecule has 0 atom stereocenters. The van der Waals surface area contributed by atoms with Crippen LogP contribution in [0, 0.1) is 11.3 Å². The Bertz CT molecular complexity index is 754. The van der Waals surface area contributed by atoms with Crippen molar-refractivity contribution >= 4 is 10.9 Å². The van der Waals surface area contributed by atoms with Crippen molar-refractivity contribution in [3.63, 3.8) is 0 Å². The zero-order valence-corrected chi connectivity index (χ0v) is 11.0. The lowest BCUT2D eigenvalue weighted by molar-refractivity contribution is 0.0668. The number of rotatable bonds is 4. The van der Waals surface area contributed by atoms with Gasteiger partial charge < -0.3 is 9.30 Å². The van der Waals surface area contributed by atoms with Crippen molar-refractivity contribution in [1.29, 1.82) is 5.26 Å². The molecule has 1 heterocycles. The summed E-state index contributed by atoms with van der Waals surface area (Å²) in [5.74, 6) is 0. The lowest BCUT2D eigenvalue weighted by atomic mass is 10.2. The molecule has 0 N–H and O–H groups in total. The summed E-state index contributed by atoms with van der Waals surface area (Å²) in [7, 11) is 0. The second-order valence-electron chi connectivity index (χ2n) is 4.63. The highest BCUT2D eigenvalue weighted by atomic mass is 16.5.